The Morgan fingerprint density at radius 2 is 1.88 bits per heavy atom. The molecule has 2 aromatic carbocycles. The first kappa shape index (κ1) is 17.0. The van der Waals surface area contributed by atoms with E-state index < -0.39 is 0 Å². The topological polar surface area (TPSA) is 46.9 Å². The van der Waals surface area contributed by atoms with Crippen molar-refractivity contribution in [1.82, 2.24) is 9.78 Å². The highest BCUT2D eigenvalue weighted by Gasteiger charge is 2.12. The first-order valence-electron chi connectivity index (χ1n) is 7.35. The Morgan fingerprint density at radius 1 is 1.17 bits per heavy atom. The minimum atomic E-state index is -0.144. The van der Waals surface area contributed by atoms with E-state index in [1.54, 1.807) is 16.8 Å². The van der Waals surface area contributed by atoms with Crippen LogP contribution in [-0.2, 0) is 0 Å². The van der Waals surface area contributed by atoms with Gasteiger partial charge in [-0.25, -0.2) is 4.68 Å². The molecule has 1 aromatic heterocycles. The molecular weight excluding hydrogens is 437 g/mol. The molecule has 0 aliphatic heterocycles. The summed E-state index contributed by atoms with van der Waals surface area (Å²) in [5.41, 5.74) is 3.90. The molecule has 122 valence electrons. The molecule has 0 unspecified atom stereocenters. The van der Waals surface area contributed by atoms with Gasteiger partial charge in [0, 0.05) is 14.8 Å². The first-order chi connectivity index (χ1) is 11.5. The Kier molecular flexibility index (Phi) is 4.91. The fourth-order valence-electron chi connectivity index (χ4n) is 2.40. The summed E-state index contributed by atoms with van der Waals surface area (Å²) in [4.78, 5) is 12.3. The van der Waals surface area contributed by atoms with Crippen LogP contribution in [0.5, 0.6) is 0 Å². The summed E-state index contributed by atoms with van der Waals surface area (Å²) in [5, 5.41) is 7.97. The van der Waals surface area contributed by atoms with Gasteiger partial charge in [0.15, 0.2) is 0 Å². The second-order valence-electron chi connectivity index (χ2n) is 5.41. The molecule has 0 saturated heterocycles. The van der Waals surface area contributed by atoms with Crippen LogP contribution in [0.1, 0.15) is 21.7 Å². The highest BCUT2D eigenvalue weighted by molar-refractivity contribution is 14.1. The SMILES string of the molecule is Cc1nn(-c2ccc(C(=O)Nc3cccc(I)c3)cc2)c(C)c1Cl. The lowest BCUT2D eigenvalue weighted by molar-refractivity contribution is 0.102. The van der Waals surface area contributed by atoms with Gasteiger partial charge >= 0.3 is 0 Å². The third-order valence-corrected chi connectivity index (χ3v) is 4.88. The molecule has 1 heterocycles. The Labute approximate surface area is 159 Å². The summed E-state index contributed by atoms with van der Waals surface area (Å²) in [6.07, 6.45) is 0. The van der Waals surface area contributed by atoms with Gasteiger partial charge in [-0.05, 0) is 78.9 Å². The number of rotatable bonds is 3. The van der Waals surface area contributed by atoms with Crippen molar-refractivity contribution in [1.29, 1.82) is 0 Å². The van der Waals surface area contributed by atoms with E-state index in [1.807, 2.05) is 50.2 Å². The highest BCUT2D eigenvalue weighted by Crippen LogP contribution is 2.22. The van der Waals surface area contributed by atoms with Crippen molar-refractivity contribution >= 4 is 45.8 Å². The number of aromatic nitrogens is 2. The molecule has 0 spiro atoms. The van der Waals surface area contributed by atoms with Gasteiger partial charge < -0.3 is 5.32 Å². The monoisotopic (exact) mass is 451 g/mol. The third kappa shape index (κ3) is 3.47. The fourth-order valence-corrected chi connectivity index (χ4v) is 3.06. The van der Waals surface area contributed by atoms with Gasteiger partial charge in [-0.1, -0.05) is 17.7 Å². The molecule has 0 radical (unpaired) electrons. The summed E-state index contributed by atoms with van der Waals surface area (Å²) in [6.45, 7) is 3.79. The molecule has 0 saturated carbocycles. The van der Waals surface area contributed by atoms with Crippen LogP contribution < -0.4 is 5.32 Å². The molecule has 3 aromatic rings. The number of carbonyl (C=O) groups excluding carboxylic acids is 1. The lowest BCUT2D eigenvalue weighted by atomic mass is 10.2. The summed E-state index contributed by atoms with van der Waals surface area (Å²) in [5.74, 6) is -0.144. The van der Waals surface area contributed by atoms with Crippen LogP contribution in [0.4, 0.5) is 5.69 Å². The van der Waals surface area contributed by atoms with Crippen LogP contribution in [0, 0.1) is 17.4 Å². The molecule has 6 heteroatoms. The second kappa shape index (κ2) is 6.94. The number of hydrogen-bond donors (Lipinski definition) is 1. The Balaban J connectivity index is 1.81. The number of anilines is 1. The van der Waals surface area contributed by atoms with Gasteiger partial charge in [0.1, 0.15) is 0 Å². The van der Waals surface area contributed by atoms with Crippen molar-refractivity contribution < 1.29 is 4.79 Å². The van der Waals surface area contributed by atoms with Gasteiger partial charge in [0.05, 0.1) is 22.1 Å². The predicted octanol–water partition coefficient (Wildman–Crippen LogP) is 5.00. The number of carbonyl (C=O) groups is 1. The molecule has 24 heavy (non-hydrogen) atoms. The number of nitrogens with one attached hydrogen (secondary N) is 1. The summed E-state index contributed by atoms with van der Waals surface area (Å²) < 4.78 is 2.85. The zero-order chi connectivity index (χ0) is 17.3. The molecular formula is C18H15ClIN3O. The largest absolute Gasteiger partial charge is 0.322 e. The van der Waals surface area contributed by atoms with Crippen molar-refractivity contribution in [3.05, 3.63) is 74.1 Å². The van der Waals surface area contributed by atoms with Crippen molar-refractivity contribution in [2.75, 3.05) is 5.32 Å². The van der Waals surface area contributed by atoms with Gasteiger partial charge in [-0.2, -0.15) is 5.10 Å². The van der Waals surface area contributed by atoms with E-state index in [2.05, 4.69) is 33.0 Å². The number of benzene rings is 2. The quantitative estimate of drug-likeness (QED) is 0.570. The zero-order valence-corrected chi connectivity index (χ0v) is 16.1. The first-order valence-corrected chi connectivity index (χ1v) is 8.80. The average molecular weight is 452 g/mol. The van der Waals surface area contributed by atoms with E-state index in [9.17, 15) is 4.79 Å². The normalized spacial score (nSPS) is 10.7. The van der Waals surface area contributed by atoms with Gasteiger partial charge in [0.25, 0.3) is 5.91 Å². The van der Waals surface area contributed by atoms with Gasteiger partial charge in [-0.15, -0.1) is 0 Å². The van der Waals surface area contributed by atoms with Crippen molar-refractivity contribution in [3.8, 4) is 5.69 Å². The maximum atomic E-state index is 12.3. The average Bonchev–Trinajstić information content (AvgIpc) is 2.82. The predicted molar refractivity (Wildman–Crippen MR) is 105 cm³/mol. The van der Waals surface area contributed by atoms with Crippen molar-refractivity contribution in [3.63, 3.8) is 0 Å². The lowest BCUT2D eigenvalue weighted by Gasteiger charge is -2.08. The molecule has 1 amide bonds. The van der Waals surface area contributed by atoms with Gasteiger partial charge in [-0.3, -0.25) is 4.79 Å². The molecule has 0 atom stereocenters. The maximum absolute atomic E-state index is 12.3. The lowest BCUT2D eigenvalue weighted by Crippen LogP contribution is -2.12. The van der Waals surface area contributed by atoms with Crippen LogP contribution in [-0.4, -0.2) is 15.7 Å². The van der Waals surface area contributed by atoms with Crippen LogP contribution in [0.2, 0.25) is 5.02 Å². The van der Waals surface area contributed by atoms with E-state index in [1.165, 1.54) is 0 Å². The Morgan fingerprint density at radius 3 is 2.46 bits per heavy atom. The standard InChI is InChI=1S/C18H15ClIN3O/c1-11-17(19)12(2)23(22-11)16-8-6-13(7-9-16)18(24)21-15-5-3-4-14(20)10-15/h3-10H,1-2H3,(H,21,24). The Bertz CT molecular complexity index is 903. The van der Waals surface area contributed by atoms with E-state index in [0.29, 0.717) is 10.6 Å². The molecule has 0 aliphatic rings. The second-order valence-corrected chi connectivity index (χ2v) is 7.03. The van der Waals surface area contributed by atoms with Crippen molar-refractivity contribution in [2.24, 2.45) is 0 Å². The molecule has 0 fully saturated rings. The molecule has 1 N–H and O–H groups in total. The minimum Gasteiger partial charge on any atom is -0.322 e. The van der Waals surface area contributed by atoms with E-state index in [4.69, 9.17) is 11.6 Å². The van der Waals surface area contributed by atoms with Crippen LogP contribution in [0.25, 0.3) is 5.69 Å². The minimum absolute atomic E-state index is 0.144. The number of nitrogens with zero attached hydrogens (tertiary/aromatic N) is 2. The smallest absolute Gasteiger partial charge is 0.255 e. The number of aryl methyl sites for hydroxylation is 1. The van der Waals surface area contributed by atoms with E-state index in [-0.39, 0.29) is 5.91 Å². The Hall–Kier alpha value is -1.86. The summed E-state index contributed by atoms with van der Waals surface area (Å²) in [7, 11) is 0. The van der Waals surface area contributed by atoms with Crippen molar-refractivity contribution in [2.45, 2.75) is 13.8 Å². The number of amides is 1. The zero-order valence-electron chi connectivity index (χ0n) is 13.2. The van der Waals surface area contributed by atoms with E-state index >= 15 is 0 Å². The third-order valence-electron chi connectivity index (χ3n) is 3.66. The molecule has 0 bridgehead atoms. The fraction of sp³-hybridized carbons (Fsp3) is 0.111. The number of hydrogen-bond acceptors (Lipinski definition) is 2. The highest BCUT2D eigenvalue weighted by atomic mass is 127. The van der Waals surface area contributed by atoms with E-state index in [0.717, 1.165) is 26.3 Å². The molecule has 4 nitrogen and oxygen atoms in total. The molecule has 3 rings (SSSR count). The van der Waals surface area contributed by atoms with Crippen LogP contribution in [0.3, 0.4) is 0 Å². The molecule has 0 aliphatic carbocycles. The summed E-state index contributed by atoms with van der Waals surface area (Å²) >= 11 is 8.40. The number of halogens is 2. The van der Waals surface area contributed by atoms with Gasteiger partial charge in [0.2, 0.25) is 0 Å². The van der Waals surface area contributed by atoms with Crippen LogP contribution >= 0.6 is 34.2 Å². The maximum Gasteiger partial charge on any atom is 0.255 e. The summed E-state index contributed by atoms with van der Waals surface area (Å²) in [6, 6.07) is 15.0. The van der Waals surface area contributed by atoms with Crippen LogP contribution in [0.15, 0.2) is 48.5 Å².